The van der Waals surface area contributed by atoms with Gasteiger partial charge in [0.1, 0.15) is 0 Å². The van der Waals surface area contributed by atoms with Gasteiger partial charge in [-0.1, -0.05) is 17.7 Å². The molecular formula is C18H28N4O2. The molecule has 1 aliphatic heterocycles. The second-order valence-corrected chi connectivity index (χ2v) is 6.16. The van der Waals surface area contributed by atoms with Gasteiger partial charge < -0.3 is 20.3 Å². The molecule has 1 saturated heterocycles. The third-order valence-corrected chi connectivity index (χ3v) is 4.17. The van der Waals surface area contributed by atoms with Crippen LogP contribution in [0.4, 0.5) is 0 Å². The zero-order valence-corrected chi connectivity index (χ0v) is 14.8. The number of guanidine groups is 1. The summed E-state index contributed by atoms with van der Waals surface area (Å²) in [6.45, 7) is 5.93. The molecule has 0 spiro atoms. The van der Waals surface area contributed by atoms with Crippen LogP contribution >= 0.6 is 0 Å². The van der Waals surface area contributed by atoms with Crippen LogP contribution in [0.5, 0.6) is 0 Å². The minimum atomic E-state index is -0.0446. The number of carbonyl (C=O) groups excluding carboxylic acids is 1. The number of amides is 1. The van der Waals surface area contributed by atoms with Crippen molar-refractivity contribution in [2.24, 2.45) is 10.9 Å². The van der Waals surface area contributed by atoms with Crippen molar-refractivity contribution in [2.45, 2.75) is 13.3 Å². The summed E-state index contributed by atoms with van der Waals surface area (Å²) in [4.78, 5) is 18.7. The van der Waals surface area contributed by atoms with Crippen LogP contribution in [0.3, 0.4) is 0 Å². The van der Waals surface area contributed by atoms with Crippen LogP contribution in [0.15, 0.2) is 29.3 Å². The highest BCUT2D eigenvalue weighted by molar-refractivity contribution is 5.94. The maximum absolute atomic E-state index is 12.1. The molecule has 1 aliphatic rings. The Balaban J connectivity index is 1.72. The monoisotopic (exact) mass is 332 g/mol. The lowest BCUT2D eigenvalue weighted by Crippen LogP contribution is -2.43. The van der Waals surface area contributed by atoms with Crippen LogP contribution in [0.25, 0.3) is 0 Å². The molecule has 6 heteroatoms. The average molecular weight is 332 g/mol. The molecule has 132 valence electrons. The molecule has 2 rings (SSSR count). The van der Waals surface area contributed by atoms with E-state index in [-0.39, 0.29) is 5.91 Å². The summed E-state index contributed by atoms with van der Waals surface area (Å²) < 4.78 is 5.23. The molecule has 1 heterocycles. The molecule has 0 saturated carbocycles. The molecule has 1 amide bonds. The van der Waals surface area contributed by atoms with Crippen LogP contribution in [-0.4, -0.2) is 63.7 Å². The summed E-state index contributed by atoms with van der Waals surface area (Å²) in [5.74, 6) is 1.41. The highest BCUT2D eigenvalue weighted by atomic mass is 16.5. The predicted octanol–water partition coefficient (Wildman–Crippen LogP) is 1.27. The van der Waals surface area contributed by atoms with Crippen molar-refractivity contribution in [3.63, 3.8) is 0 Å². The summed E-state index contributed by atoms with van der Waals surface area (Å²) in [5, 5.41) is 6.24. The summed E-state index contributed by atoms with van der Waals surface area (Å²) in [5.41, 5.74) is 1.78. The summed E-state index contributed by atoms with van der Waals surface area (Å²) in [6.07, 6.45) is 1.12. The van der Waals surface area contributed by atoms with Crippen molar-refractivity contribution in [1.29, 1.82) is 0 Å². The standard InChI is InChI=1S/C18H28N4O2/c1-14-5-4-6-16(11-14)17(23)20-8-9-21-18(19-2)22-10-7-15(12-22)13-24-3/h4-6,11,15H,7-10,12-13H2,1-3H3,(H,19,21)(H,20,23). The predicted molar refractivity (Wildman–Crippen MR) is 96.4 cm³/mol. The Labute approximate surface area is 144 Å². The maximum Gasteiger partial charge on any atom is 0.251 e. The first-order valence-corrected chi connectivity index (χ1v) is 8.43. The fourth-order valence-corrected chi connectivity index (χ4v) is 2.97. The van der Waals surface area contributed by atoms with Gasteiger partial charge in [-0.05, 0) is 25.5 Å². The zero-order chi connectivity index (χ0) is 17.4. The van der Waals surface area contributed by atoms with Crippen molar-refractivity contribution >= 4 is 11.9 Å². The van der Waals surface area contributed by atoms with Crippen molar-refractivity contribution in [2.75, 3.05) is 46.9 Å². The summed E-state index contributed by atoms with van der Waals surface area (Å²) in [6, 6.07) is 7.60. The highest BCUT2D eigenvalue weighted by Gasteiger charge is 2.24. The lowest BCUT2D eigenvalue weighted by Gasteiger charge is -2.21. The number of aryl methyl sites for hydroxylation is 1. The number of methoxy groups -OCH3 is 1. The van der Waals surface area contributed by atoms with Gasteiger partial charge in [0.25, 0.3) is 5.91 Å². The van der Waals surface area contributed by atoms with Crippen LogP contribution in [-0.2, 0) is 4.74 Å². The van der Waals surface area contributed by atoms with Crippen molar-refractivity contribution in [3.05, 3.63) is 35.4 Å². The van der Waals surface area contributed by atoms with E-state index in [1.807, 2.05) is 31.2 Å². The second kappa shape index (κ2) is 9.27. The van der Waals surface area contributed by atoms with E-state index in [4.69, 9.17) is 4.74 Å². The molecular weight excluding hydrogens is 304 g/mol. The molecule has 0 bridgehead atoms. The number of rotatable bonds is 6. The van der Waals surface area contributed by atoms with Gasteiger partial charge in [0.15, 0.2) is 5.96 Å². The Kier molecular flexibility index (Phi) is 7.06. The Bertz CT molecular complexity index is 574. The third-order valence-electron chi connectivity index (χ3n) is 4.17. The largest absolute Gasteiger partial charge is 0.384 e. The van der Waals surface area contributed by atoms with Gasteiger partial charge >= 0.3 is 0 Å². The number of likely N-dealkylation sites (tertiary alicyclic amines) is 1. The number of nitrogens with zero attached hydrogens (tertiary/aromatic N) is 2. The molecule has 6 nitrogen and oxygen atoms in total. The Morgan fingerprint density at radius 1 is 1.38 bits per heavy atom. The number of hydrogen-bond donors (Lipinski definition) is 2. The van der Waals surface area contributed by atoms with E-state index < -0.39 is 0 Å². The van der Waals surface area contributed by atoms with E-state index in [2.05, 4.69) is 20.5 Å². The Morgan fingerprint density at radius 3 is 2.88 bits per heavy atom. The molecule has 1 unspecified atom stereocenters. The average Bonchev–Trinajstić information content (AvgIpc) is 3.03. The summed E-state index contributed by atoms with van der Waals surface area (Å²) in [7, 11) is 3.53. The molecule has 2 N–H and O–H groups in total. The zero-order valence-electron chi connectivity index (χ0n) is 14.8. The first kappa shape index (κ1) is 18.3. The molecule has 1 atom stereocenters. The van der Waals surface area contributed by atoms with Gasteiger partial charge in [-0.25, -0.2) is 0 Å². The number of aliphatic imine (C=N–C) groups is 1. The number of nitrogens with one attached hydrogen (secondary N) is 2. The molecule has 1 fully saturated rings. The fraction of sp³-hybridized carbons (Fsp3) is 0.556. The Hall–Kier alpha value is -2.08. The van der Waals surface area contributed by atoms with Gasteiger partial charge in [0, 0.05) is 51.8 Å². The highest BCUT2D eigenvalue weighted by Crippen LogP contribution is 2.16. The fourth-order valence-electron chi connectivity index (χ4n) is 2.97. The molecule has 1 aromatic carbocycles. The number of carbonyl (C=O) groups is 1. The number of ether oxygens (including phenoxy) is 1. The van der Waals surface area contributed by atoms with Gasteiger partial charge in [0.2, 0.25) is 0 Å². The van der Waals surface area contributed by atoms with E-state index in [1.54, 1.807) is 14.2 Å². The molecule has 0 aromatic heterocycles. The van der Waals surface area contributed by atoms with Crippen LogP contribution in [0, 0.1) is 12.8 Å². The second-order valence-electron chi connectivity index (χ2n) is 6.16. The van der Waals surface area contributed by atoms with Crippen LogP contribution in [0.2, 0.25) is 0 Å². The van der Waals surface area contributed by atoms with Crippen molar-refractivity contribution < 1.29 is 9.53 Å². The number of hydrogen-bond acceptors (Lipinski definition) is 3. The van der Waals surface area contributed by atoms with E-state index >= 15 is 0 Å². The first-order chi connectivity index (χ1) is 11.6. The van der Waals surface area contributed by atoms with Crippen LogP contribution < -0.4 is 10.6 Å². The lowest BCUT2D eigenvalue weighted by molar-refractivity contribution is 0.0954. The quantitative estimate of drug-likeness (QED) is 0.468. The van der Waals surface area contributed by atoms with Gasteiger partial charge in [-0.3, -0.25) is 9.79 Å². The van der Waals surface area contributed by atoms with Gasteiger partial charge in [0.05, 0.1) is 6.61 Å². The van der Waals surface area contributed by atoms with E-state index in [0.717, 1.165) is 37.6 Å². The summed E-state index contributed by atoms with van der Waals surface area (Å²) >= 11 is 0. The van der Waals surface area contributed by atoms with Crippen LogP contribution in [0.1, 0.15) is 22.3 Å². The van der Waals surface area contributed by atoms with Crippen molar-refractivity contribution in [3.8, 4) is 0 Å². The smallest absolute Gasteiger partial charge is 0.251 e. The van der Waals surface area contributed by atoms with Crippen molar-refractivity contribution in [1.82, 2.24) is 15.5 Å². The van der Waals surface area contributed by atoms with Gasteiger partial charge in [-0.15, -0.1) is 0 Å². The normalized spacial score (nSPS) is 17.9. The topological polar surface area (TPSA) is 66.0 Å². The Morgan fingerprint density at radius 2 is 2.17 bits per heavy atom. The molecule has 0 aliphatic carbocycles. The van der Waals surface area contributed by atoms with E-state index in [9.17, 15) is 4.79 Å². The molecule has 1 aromatic rings. The molecule has 0 radical (unpaired) electrons. The minimum absolute atomic E-state index is 0.0446. The third kappa shape index (κ3) is 5.23. The maximum atomic E-state index is 12.1. The van der Waals surface area contributed by atoms with Gasteiger partial charge in [-0.2, -0.15) is 0 Å². The van der Waals surface area contributed by atoms with E-state index in [1.165, 1.54) is 0 Å². The molecule has 24 heavy (non-hydrogen) atoms. The van der Waals surface area contributed by atoms with E-state index in [0.29, 0.717) is 24.6 Å². The minimum Gasteiger partial charge on any atom is -0.384 e. The number of benzene rings is 1. The first-order valence-electron chi connectivity index (χ1n) is 8.43. The SMILES string of the molecule is CN=C(NCCNC(=O)c1cccc(C)c1)N1CCC(COC)C1. The lowest BCUT2D eigenvalue weighted by atomic mass is 10.1.